The zero-order valence-electron chi connectivity index (χ0n) is 33.8. The van der Waals surface area contributed by atoms with Gasteiger partial charge in [-0.3, -0.25) is 4.79 Å². The molecule has 15 nitrogen and oxygen atoms in total. The van der Waals surface area contributed by atoms with Gasteiger partial charge in [0.05, 0.1) is 38.7 Å². The highest BCUT2D eigenvalue weighted by Crippen LogP contribution is 2.46. The minimum atomic E-state index is -1.11. The first-order valence-corrected chi connectivity index (χ1v) is 21.8. The molecule has 2 aromatic carbocycles. The number of aromatic nitrogens is 4. The minimum absolute atomic E-state index is 0.0290. The Bertz CT molecular complexity index is 2210. The van der Waals surface area contributed by atoms with Gasteiger partial charge in [0.1, 0.15) is 11.1 Å². The summed E-state index contributed by atoms with van der Waals surface area (Å²) >= 11 is 12.3. The van der Waals surface area contributed by atoms with E-state index in [1.165, 1.54) is 19.0 Å². The van der Waals surface area contributed by atoms with Gasteiger partial charge in [0.15, 0.2) is 0 Å². The Morgan fingerprint density at radius 2 is 1.16 bits per heavy atom. The summed E-state index contributed by atoms with van der Waals surface area (Å²) < 4.78 is 11.7. The summed E-state index contributed by atoms with van der Waals surface area (Å²) in [6.07, 6.45) is 9.18. The molecule has 3 aliphatic carbocycles. The van der Waals surface area contributed by atoms with Crippen LogP contribution in [0, 0.1) is 23.7 Å². The summed E-state index contributed by atoms with van der Waals surface area (Å²) in [5.41, 5.74) is 3.54. The molecule has 0 spiro atoms. The molecule has 17 heteroatoms. The zero-order chi connectivity index (χ0) is 42.6. The fourth-order valence-electron chi connectivity index (χ4n) is 8.43. The van der Waals surface area contributed by atoms with Gasteiger partial charge in [0.25, 0.3) is 5.91 Å². The smallest absolute Gasteiger partial charge is 0.342 e. The van der Waals surface area contributed by atoms with Crippen molar-refractivity contribution in [2.45, 2.75) is 76.7 Å². The average molecular weight is 877 g/mol. The van der Waals surface area contributed by atoms with Crippen molar-refractivity contribution in [3.05, 3.63) is 92.2 Å². The topological polar surface area (TPSA) is 204 Å². The number of carboxylic acid groups (broad SMARTS) is 1. The van der Waals surface area contributed by atoms with Crippen LogP contribution in [0.2, 0.25) is 10.0 Å². The molecule has 4 unspecified atom stereocenters. The van der Waals surface area contributed by atoms with Crippen LogP contribution in [0.25, 0.3) is 0 Å². The number of halogens is 2. The highest BCUT2D eigenvalue weighted by atomic mass is 35.5. The molecule has 0 bridgehead atoms. The van der Waals surface area contributed by atoms with Crippen LogP contribution >= 0.6 is 23.2 Å². The number of aliphatic hydroxyl groups is 3. The highest BCUT2D eigenvalue weighted by molar-refractivity contribution is 6.31. The van der Waals surface area contributed by atoms with E-state index in [-0.39, 0.29) is 55.2 Å². The summed E-state index contributed by atoms with van der Waals surface area (Å²) in [6, 6.07) is 11.0. The van der Waals surface area contributed by atoms with Crippen molar-refractivity contribution in [2.24, 2.45) is 23.7 Å². The van der Waals surface area contributed by atoms with Gasteiger partial charge in [-0.25, -0.2) is 14.8 Å². The Morgan fingerprint density at radius 3 is 1.61 bits per heavy atom. The predicted octanol–water partition coefficient (Wildman–Crippen LogP) is 5.13. The van der Waals surface area contributed by atoms with Gasteiger partial charge in [-0.15, -0.1) is 0 Å². The van der Waals surface area contributed by atoms with E-state index in [0.29, 0.717) is 70.9 Å². The molecule has 4 atom stereocenters. The number of nitrogens with one attached hydrogen (secondary N) is 1. The Morgan fingerprint density at radius 1 is 0.705 bits per heavy atom. The van der Waals surface area contributed by atoms with Gasteiger partial charge >= 0.3 is 5.97 Å². The van der Waals surface area contributed by atoms with Crippen molar-refractivity contribution in [3.8, 4) is 11.8 Å². The molecule has 2 aliphatic heterocycles. The summed E-state index contributed by atoms with van der Waals surface area (Å²) in [5, 5.41) is 41.7. The molecule has 324 valence electrons. The summed E-state index contributed by atoms with van der Waals surface area (Å²) in [6.45, 7) is 4.13. The molecule has 5 aliphatic rings. The van der Waals surface area contributed by atoms with Gasteiger partial charge in [0, 0.05) is 61.3 Å². The Labute approximate surface area is 364 Å². The largest absolute Gasteiger partial charge is 0.477 e. The van der Waals surface area contributed by atoms with E-state index in [9.17, 15) is 24.9 Å². The number of fused-ring (bicyclic) bond motifs is 2. The molecule has 1 amide bonds. The maximum Gasteiger partial charge on any atom is 0.342 e. The number of ether oxygens (including phenoxy) is 2. The molecule has 0 radical (unpaired) electrons. The number of piperidine rings is 2. The standard InChI is InChI=1S/C25H31ClN4O4.C19H20ClN3O4/c26-22-9-15(1-2-16(22)14-31)7-8-34-24-21(23(33)28-19-3-5-20(32)6-4-19)11-27-25(29-24)30-12-17-10-18(17)13-30;20-16-5-11(1-2-12(16)10-24)3-4-27-17-15(18(25)26)7-21-19(22-17)23-8-13-6-14(13)9-23/h1-2,9,11,17-20,31-32H,3-8,10,12-14H2,(H,28,33);1-2,5,7,13-14,24H,3-4,6,8-10H2,(H,25,26). The normalized spacial score (nSPS) is 23.4. The highest BCUT2D eigenvalue weighted by Gasteiger charge is 2.47. The SMILES string of the molecule is O=C(NC1CCC(O)CC1)c1cnc(N2CC3CC3C2)nc1OCCc1ccc(CO)c(Cl)c1.O=C(O)c1cnc(N2CC3CC3C2)nc1OCCc1ccc(CO)c(Cl)c1. The number of hydrogen-bond donors (Lipinski definition) is 5. The molecule has 5 N–H and O–H groups in total. The lowest BCUT2D eigenvalue weighted by Crippen LogP contribution is -2.39. The van der Waals surface area contributed by atoms with E-state index in [1.807, 2.05) is 18.2 Å². The Kier molecular flexibility index (Phi) is 13.4. The van der Waals surface area contributed by atoms with Crippen LogP contribution in [0.1, 0.15) is 81.5 Å². The molecule has 4 aromatic rings. The summed E-state index contributed by atoms with van der Waals surface area (Å²) in [4.78, 5) is 46.5. The maximum absolute atomic E-state index is 13.1. The zero-order valence-corrected chi connectivity index (χ0v) is 35.3. The van der Waals surface area contributed by atoms with E-state index >= 15 is 0 Å². The maximum atomic E-state index is 13.1. The molecule has 3 saturated carbocycles. The van der Waals surface area contributed by atoms with Crippen LogP contribution in [0.15, 0.2) is 48.8 Å². The third-order valence-corrected chi connectivity index (χ3v) is 13.1. The first-order valence-electron chi connectivity index (χ1n) is 21.0. The van der Waals surface area contributed by atoms with Crippen LogP contribution < -0.4 is 24.6 Å². The predicted molar refractivity (Wildman–Crippen MR) is 228 cm³/mol. The quantitative estimate of drug-likeness (QED) is 0.105. The number of anilines is 2. The van der Waals surface area contributed by atoms with E-state index in [4.69, 9.17) is 37.8 Å². The third kappa shape index (κ3) is 10.6. The van der Waals surface area contributed by atoms with Gasteiger partial charge < -0.3 is 45.0 Å². The number of aromatic carboxylic acids is 1. The first-order chi connectivity index (χ1) is 29.5. The second-order valence-electron chi connectivity index (χ2n) is 16.7. The summed E-state index contributed by atoms with van der Waals surface area (Å²) in [7, 11) is 0. The third-order valence-electron chi connectivity index (χ3n) is 12.3. The second kappa shape index (κ2) is 19.1. The number of carbonyl (C=O) groups is 2. The van der Waals surface area contributed by atoms with Crippen molar-refractivity contribution < 1.29 is 39.5 Å². The number of hydrogen-bond acceptors (Lipinski definition) is 13. The lowest BCUT2D eigenvalue weighted by Gasteiger charge is -2.26. The van der Waals surface area contributed by atoms with E-state index in [2.05, 4.69) is 35.1 Å². The minimum Gasteiger partial charge on any atom is -0.477 e. The lowest BCUT2D eigenvalue weighted by molar-refractivity contribution is 0.0690. The van der Waals surface area contributed by atoms with E-state index < -0.39 is 5.97 Å². The molecule has 9 rings (SSSR count). The van der Waals surface area contributed by atoms with E-state index in [1.54, 1.807) is 24.4 Å². The van der Waals surface area contributed by atoms with Gasteiger partial charge in [0.2, 0.25) is 23.7 Å². The van der Waals surface area contributed by atoms with Gasteiger partial charge in [-0.2, -0.15) is 9.97 Å². The van der Waals surface area contributed by atoms with Crippen LogP contribution in [0.3, 0.4) is 0 Å². The van der Waals surface area contributed by atoms with Gasteiger partial charge in [-0.05, 0) is 96.6 Å². The summed E-state index contributed by atoms with van der Waals surface area (Å²) in [5.74, 6) is 3.08. The molecule has 61 heavy (non-hydrogen) atoms. The Hall–Kier alpha value is -4.80. The van der Waals surface area contributed by atoms with Crippen molar-refractivity contribution in [1.29, 1.82) is 0 Å². The fraction of sp³-hybridized carbons (Fsp3) is 0.500. The van der Waals surface area contributed by atoms with Crippen LogP contribution in [-0.4, -0.2) is 104 Å². The Balaban J connectivity index is 0.000000173. The number of carbonyl (C=O) groups excluding carboxylic acids is 1. The fourth-order valence-corrected chi connectivity index (χ4v) is 8.95. The first kappa shape index (κ1) is 42.9. The lowest BCUT2D eigenvalue weighted by atomic mass is 9.93. The number of amides is 1. The number of carboxylic acids is 1. The molecule has 2 aromatic heterocycles. The van der Waals surface area contributed by atoms with Crippen molar-refractivity contribution >= 4 is 47.0 Å². The second-order valence-corrected chi connectivity index (χ2v) is 17.6. The van der Waals surface area contributed by atoms with Crippen LogP contribution in [0.4, 0.5) is 11.9 Å². The monoisotopic (exact) mass is 875 g/mol. The number of nitrogens with zero attached hydrogens (tertiary/aromatic N) is 6. The number of rotatable bonds is 15. The van der Waals surface area contributed by atoms with Crippen molar-refractivity contribution in [3.63, 3.8) is 0 Å². The van der Waals surface area contributed by atoms with E-state index in [0.717, 1.165) is 73.8 Å². The molecular weight excluding hydrogens is 825 g/mol. The van der Waals surface area contributed by atoms with Crippen molar-refractivity contribution in [1.82, 2.24) is 25.3 Å². The van der Waals surface area contributed by atoms with Gasteiger partial charge in [-0.1, -0.05) is 47.5 Å². The molecule has 5 fully saturated rings. The molecule has 4 heterocycles. The number of benzene rings is 2. The molecular formula is C44H51Cl2N7O8. The number of aliphatic hydroxyl groups excluding tert-OH is 3. The average Bonchev–Trinajstić information content (AvgIpc) is 4.10. The molecule has 2 saturated heterocycles. The van der Waals surface area contributed by atoms with Crippen molar-refractivity contribution in [2.75, 3.05) is 49.2 Å². The van der Waals surface area contributed by atoms with Crippen LogP contribution in [0.5, 0.6) is 11.8 Å². The van der Waals surface area contributed by atoms with Crippen LogP contribution in [-0.2, 0) is 26.1 Å².